The summed E-state index contributed by atoms with van der Waals surface area (Å²) in [6.07, 6.45) is 4.86. The van der Waals surface area contributed by atoms with Gasteiger partial charge in [0.2, 0.25) is 0 Å². The smallest absolute Gasteiger partial charge is 0.164 e. The molecule has 0 saturated carbocycles. The van der Waals surface area contributed by atoms with Crippen LogP contribution in [0.4, 0.5) is 0 Å². The van der Waals surface area contributed by atoms with Crippen molar-refractivity contribution in [3.63, 3.8) is 0 Å². The van der Waals surface area contributed by atoms with Crippen LogP contribution in [0.3, 0.4) is 0 Å². The minimum atomic E-state index is 0. The summed E-state index contributed by atoms with van der Waals surface area (Å²) in [7, 11) is 3.43. The third-order valence-corrected chi connectivity index (χ3v) is 3.21. The van der Waals surface area contributed by atoms with E-state index in [2.05, 4.69) is 13.0 Å². The first kappa shape index (κ1) is 13.2. The van der Waals surface area contributed by atoms with Gasteiger partial charge in [-0.15, -0.1) is 12.4 Å². The third-order valence-electron chi connectivity index (χ3n) is 3.21. The highest BCUT2D eigenvalue weighted by atomic mass is 35.5. The molecule has 0 bridgehead atoms. The van der Waals surface area contributed by atoms with Crippen LogP contribution in [0.5, 0.6) is 11.5 Å². The zero-order valence-electron chi connectivity index (χ0n) is 10.1. The van der Waals surface area contributed by atoms with E-state index >= 15 is 0 Å². The Kier molecular flexibility index (Phi) is 4.48. The average molecular weight is 243 g/mol. The fourth-order valence-corrected chi connectivity index (χ4v) is 2.46. The zero-order valence-corrected chi connectivity index (χ0v) is 10.9. The Morgan fingerprint density at radius 3 is 2.19 bits per heavy atom. The van der Waals surface area contributed by atoms with Crippen LogP contribution in [0.25, 0.3) is 0 Å². The highest BCUT2D eigenvalue weighted by Crippen LogP contribution is 2.39. The summed E-state index contributed by atoms with van der Waals surface area (Å²) < 4.78 is 10.8. The molecular formula is C13H19ClO2. The predicted molar refractivity (Wildman–Crippen MR) is 68.2 cm³/mol. The molecule has 0 radical (unpaired) electrons. The number of aryl methyl sites for hydroxylation is 1. The number of methoxy groups -OCH3 is 2. The van der Waals surface area contributed by atoms with Crippen LogP contribution in [0.1, 0.15) is 29.5 Å². The lowest BCUT2D eigenvalue weighted by Gasteiger charge is -2.22. The lowest BCUT2D eigenvalue weighted by atomic mass is 9.87. The Labute approximate surface area is 103 Å². The standard InChI is InChI=1S/C13H18O2.ClH/c1-9-8-12(14-2)13(15-3)11-7-5-4-6-10(9)11;/h8H,4-7H2,1-3H3;1H. The van der Waals surface area contributed by atoms with Gasteiger partial charge in [0.05, 0.1) is 14.2 Å². The van der Waals surface area contributed by atoms with E-state index in [9.17, 15) is 0 Å². The van der Waals surface area contributed by atoms with Crippen LogP contribution < -0.4 is 9.47 Å². The van der Waals surface area contributed by atoms with Crippen molar-refractivity contribution in [2.24, 2.45) is 0 Å². The lowest BCUT2D eigenvalue weighted by Crippen LogP contribution is -2.08. The number of rotatable bonds is 2. The van der Waals surface area contributed by atoms with Crippen molar-refractivity contribution in [2.45, 2.75) is 32.6 Å². The molecule has 2 rings (SSSR count). The molecule has 0 aliphatic heterocycles. The van der Waals surface area contributed by atoms with Gasteiger partial charge in [-0.1, -0.05) is 0 Å². The minimum Gasteiger partial charge on any atom is -0.493 e. The van der Waals surface area contributed by atoms with E-state index in [0.717, 1.165) is 17.9 Å². The molecule has 3 heteroatoms. The van der Waals surface area contributed by atoms with E-state index in [1.807, 2.05) is 0 Å². The molecule has 2 nitrogen and oxygen atoms in total. The predicted octanol–water partition coefficient (Wildman–Crippen LogP) is 3.31. The minimum absolute atomic E-state index is 0. The molecular weight excluding hydrogens is 224 g/mol. The van der Waals surface area contributed by atoms with Crippen molar-refractivity contribution < 1.29 is 9.47 Å². The highest BCUT2D eigenvalue weighted by molar-refractivity contribution is 5.85. The van der Waals surface area contributed by atoms with E-state index in [0.29, 0.717) is 0 Å². The summed E-state index contributed by atoms with van der Waals surface area (Å²) in [5.74, 6) is 1.81. The van der Waals surface area contributed by atoms with Gasteiger partial charge < -0.3 is 9.47 Å². The number of ether oxygens (including phenoxy) is 2. The molecule has 1 aromatic carbocycles. The van der Waals surface area contributed by atoms with E-state index < -0.39 is 0 Å². The molecule has 0 unspecified atom stereocenters. The second-order valence-corrected chi connectivity index (χ2v) is 4.09. The molecule has 1 aromatic rings. The van der Waals surface area contributed by atoms with E-state index in [4.69, 9.17) is 9.47 Å². The van der Waals surface area contributed by atoms with Gasteiger partial charge in [0.1, 0.15) is 0 Å². The molecule has 0 amide bonds. The lowest BCUT2D eigenvalue weighted by molar-refractivity contribution is 0.349. The molecule has 0 fully saturated rings. The van der Waals surface area contributed by atoms with Crippen molar-refractivity contribution in [2.75, 3.05) is 14.2 Å². The Hall–Kier alpha value is -0.890. The summed E-state index contributed by atoms with van der Waals surface area (Å²) in [5.41, 5.74) is 4.17. The van der Waals surface area contributed by atoms with Gasteiger partial charge in [-0.3, -0.25) is 0 Å². The summed E-state index contributed by atoms with van der Waals surface area (Å²) in [4.78, 5) is 0. The SMILES string of the molecule is COc1cc(C)c2c(c1OC)CCCC2.Cl. The van der Waals surface area contributed by atoms with Crippen LogP contribution in [0.2, 0.25) is 0 Å². The third kappa shape index (κ3) is 2.12. The van der Waals surface area contributed by atoms with Gasteiger partial charge in [-0.05, 0) is 49.8 Å². The van der Waals surface area contributed by atoms with Gasteiger partial charge >= 0.3 is 0 Å². The van der Waals surface area contributed by atoms with Crippen LogP contribution in [-0.2, 0) is 12.8 Å². The number of hydrogen-bond acceptors (Lipinski definition) is 2. The second-order valence-electron chi connectivity index (χ2n) is 4.09. The maximum absolute atomic E-state index is 5.46. The largest absolute Gasteiger partial charge is 0.493 e. The van der Waals surface area contributed by atoms with Gasteiger partial charge in [-0.2, -0.15) is 0 Å². The normalized spacial score (nSPS) is 13.7. The first-order chi connectivity index (χ1) is 7.27. The maximum atomic E-state index is 5.46. The number of fused-ring (bicyclic) bond motifs is 1. The molecule has 0 heterocycles. The Balaban J connectivity index is 0.00000128. The van der Waals surface area contributed by atoms with Crippen molar-refractivity contribution >= 4 is 12.4 Å². The molecule has 0 spiro atoms. The van der Waals surface area contributed by atoms with Crippen molar-refractivity contribution in [3.05, 3.63) is 22.8 Å². The topological polar surface area (TPSA) is 18.5 Å². The van der Waals surface area contributed by atoms with Crippen molar-refractivity contribution in [1.82, 2.24) is 0 Å². The second kappa shape index (κ2) is 5.44. The first-order valence-corrected chi connectivity index (χ1v) is 5.51. The molecule has 90 valence electrons. The highest BCUT2D eigenvalue weighted by Gasteiger charge is 2.19. The number of hydrogen-bond donors (Lipinski definition) is 0. The Morgan fingerprint density at radius 1 is 1.00 bits per heavy atom. The zero-order chi connectivity index (χ0) is 10.8. The summed E-state index contributed by atoms with van der Waals surface area (Å²) in [6, 6.07) is 2.09. The summed E-state index contributed by atoms with van der Waals surface area (Å²) in [5, 5.41) is 0. The fourth-order valence-electron chi connectivity index (χ4n) is 2.46. The Morgan fingerprint density at radius 2 is 1.62 bits per heavy atom. The first-order valence-electron chi connectivity index (χ1n) is 5.51. The van der Waals surface area contributed by atoms with Crippen LogP contribution in [0.15, 0.2) is 6.07 Å². The van der Waals surface area contributed by atoms with Crippen LogP contribution in [0, 0.1) is 6.92 Å². The molecule has 1 aliphatic rings. The van der Waals surface area contributed by atoms with Crippen LogP contribution in [-0.4, -0.2) is 14.2 Å². The molecule has 0 N–H and O–H groups in total. The number of halogens is 1. The van der Waals surface area contributed by atoms with Gasteiger partial charge in [-0.25, -0.2) is 0 Å². The van der Waals surface area contributed by atoms with E-state index in [-0.39, 0.29) is 12.4 Å². The van der Waals surface area contributed by atoms with Crippen LogP contribution >= 0.6 is 12.4 Å². The van der Waals surface area contributed by atoms with Crippen molar-refractivity contribution in [1.29, 1.82) is 0 Å². The molecule has 0 atom stereocenters. The van der Waals surface area contributed by atoms with Gasteiger partial charge in [0, 0.05) is 5.56 Å². The van der Waals surface area contributed by atoms with Gasteiger partial charge in [0.25, 0.3) is 0 Å². The monoisotopic (exact) mass is 242 g/mol. The van der Waals surface area contributed by atoms with Gasteiger partial charge in [0.15, 0.2) is 11.5 Å². The molecule has 0 aromatic heterocycles. The van der Waals surface area contributed by atoms with E-state index in [1.165, 1.54) is 36.0 Å². The summed E-state index contributed by atoms with van der Waals surface area (Å²) in [6.45, 7) is 2.16. The molecule has 1 aliphatic carbocycles. The molecule has 16 heavy (non-hydrogen) atoms. The fraction of sp³-hybridized carbons (Fsp3) is 0.538. The number of benzene rings is 1. The van der Waals surface area contributed by atoms with E-state index in [1.54, 1.807) is 14.2 Å². The maximum Gasteiger partial charge on any atom is 0.164 e. The Bertz CT molecular complexity index is 375. The molecule has 0 saturated heterocycles. The van der Waals surface area contributed by atoms with Crippen molar-refractivity contribution in [3.8, 4) is 11.5 Å². The average Bonchev–Trinajstić information content (AvgIpc) is 2.29. The quantitative estimate of drug-likeness (QED) is 0.792. The summed E-state index contributed by atoms with van der Waals surface area (Å²) >= 11 is 0.